The molecule has 8 heteroatoms. The fourth-order valence-electron chi connectivity index (χ4n) is 3.27. The zero-order valence-electron chi connectivity index (χ0n) is 15.3. The first-order valence-electron chi connectivity index (χ1n) is 9.33. The summed E-state index contributed by atoms with van der Waals surface area (Å²) in [4.78, 5) is 17.2. The number of benzene rings is 1. The van der Waals surface area contributed by atoms with Crippen LogP contribution in [0.15, 0.2) is 42.9 Å². The van der Waals surface area contributed by atoms with Crippen molar-refractivity contribution in [2.45, 2.75) is 38.1 Å². The molecule has 0 bridgehead atoms. The van der Waals surface area contributed by atoms with Crippen LogP contribution in [-0.2, 0) is 0 Å². The Hall–Kier alpha value is -3.29. The molecule has 2 heterocycles. The first-order valence-corrected chi connectivity index (χ1v) is 9.33. The third kappa shape index (κ3) is 4.16. The van der Waals surface area contributed by atoms with E-state index in [-0.39, 0.29) is 11.6 Å². The molecule has 28 heavy (non-hydrogen) atoms. The van der Waals surface area contributed by atoms with Crippen molar-refractivity contribution in [3.05, 3.63) is 48.7 Å². The molecular weight excluding hydrogens is 359 g/mol. The van der Waals surface area contributed by atoms with Gasteiger partial charge in [0.2, 0.25) is 11.8 Å². The lowest BCUT2D eigenvalue weighted by Crippen LogP contribution is -2.23. The Balaban J connectivity index is 1.60. The second-order valence-electron chi connectivity index (χ2n) is 6.76. The van der Waals surface area contributed by atoms with E-state index in [4.69, 9.17) is 10.5 Å². The maximum Gasteiger partial charge on any atom is 0.230 e. The van der Waals surface area contributed by atoms with Gasteiger partial charge in [0.15, 0.2) is 17.4 Å². The highest BCUT2D eigenvalue weighted by atomic mass is 19.1. The number of nitrogens with zero attached hydrogens (tertiary/aromatic N) is 4. The van der Waals surface area contributed by atoms with Crippen LogP contribution in [-0.4, -0.2) is 26.0 Å². The van der Waals surface area contributed by atoms with Gasteiger partial charge in [-0.2, -0.15) is 4.98 Å². The lowest BCUT2D eigenvalue weighted by molar-refractivity contribution is 0.429. The molecular formula is C20H21FN6O. The SMILES string of the molecule is Nc1ccc(Oc2ncccc2-c2ncnc(NC3CCCCC3)n2)c(F)c1. The van der Waals surface area contributed by atoms with Crippen molar-refractivity contribution in [3.8, 4) is 23.0 Å². The molecule has 144 valence electrons. The maximum atomic E-state index is 14.1. The van der Waals surface area contributed by atoms with Crippen LogP contribution >= 0.6 is 0 Å². The highest BCUT2D eigenvalue weighted by Crippen LogP contribution is 2.31. The van der Waals surface area contributed by atoms with E-state index < -0.39 is 5.82 Å². The largest absolute Gasteiger partial charge is 0.435 e. The number of anilines is 2. The Bertz CT molecular complexity index is 961. The van der Waals surface area contributed by atoms with E-state index in [1.165, 1.54) is 37.7 Å². The molecule has 0 saturated heterocycles. The zero-order chi connectivity index (χ0) is 19.3. The van der Waals surface area contributed by atoms with E-state index in [0.29, 0.717) is 29.1 Å². The van der Waals surface area contributed by atoms with Gasteiger partial charge < -0.3 is 15.8 Å². The molecule has 0 atom stereocenters. The summed E-state index contributed by atoms with van der Waals surface area (Å²) < 4.78 is 19.8. The molecule has 3 N–H and O–H groups in total. The molecule has 0 amide bonds. The van der Waals surface area contributed by atoms with Crippen LogP contribution in [0.1, 0.15) is 32.1 Å². The van der Waals surface area contributed by atoms with Crippen LogP contribution in [0.25, 0.3) is 11.4 Å². The summed E-state index contributed by atoms with van der Waals surface area (Å²) in [5, 5.41) is 3.38. The van der Waals surface area contributed by atoms with Gasteiger partial charge in [-0.25, -0.2) is 19.3 Å². The summed E-state index contributed by atoms with van der Waals surface area (Å²) >= 11 is 0. The molecule has 1 aliphatic carbocycles. The summed E-state index contributed by atoms with van der Waals surface area (Å²) in [6.07, 6.45) is 8.94. The van der Waals surface area contributed by atoms with Crippen molar-refractivity contribution >= 4 is 11.6 Å². The summed E-state index contributed by atoms with van der Waals surface area (Å²) in [5.74, 6) is 0.606. The Labute approximate surface area is 162 Å². The molecule has 1 aromatic carbocycles. The van der Waals surface area contributed by atoms with Crippen LogP contribution in [0.2, 0.25) is 0 Å². The minimum atomic E-state index is -0.563. The van der Waals surface area contributed by atoms with Crippen molar-refractivity contribution in [1.29, 1.82) is 0 Å². The summed E-state index contributed by atoms with van der Waals surface area (Å²) in [7, 11) is 0. The van der Waals surface area contributed by atoms with Crippen molar-refractivity contribution in [3.63, 3.8) is 0 Å². The van der Waals surface area contributed by atoms with Gasteiger partial charge in [0, 0.05) is 24.0 Å². The molecule has 1 fully saturated rings. The Kier molecular flexibility index (Phi) is 5.27. The average Bonchev–Trinajstić information content (AvgIpc) is 2.71. The highest BCUT2D eigenvalue weighted by molar-refractivity contribution is 5.62. The Morgan fingerprint density at radius 3 is 2.75 bits per heavy atom. The first-order chi connectivity index (χ1) is 13.7. The Morgan fingerprint density at radius 2 is 1.93 bits per heavy atom. The second-order valence-corrected chi connectivity index (χ2v) is 6.76. The number of nitrogens with two attached hydrogens (primary N) is 1. The quantitative estimate of drug-likeness (QED) is 0.640. The lowest BCUT2D eigenvalue weighted by atomic mass is 9.96. The van der Waals surface area contributed by atoms with Crippen molar-refractivity contribution in [2.75, 3.05) is 11.1 Å². The van der Waals surface area contributed by atoms with Gasteiger partial charge in [-0.05, 0) is 37.1 Å². The number of hydrogen-bond acceptors (Lipinski definition) is 7. The standard InChI is InChI=1S/C20H21FN6O/c21-16-11-13(22)8-9-17(16)28-19-15(7-4-10-23-19)18-24-12-25-20(27-18)26-14-5-2-1-3-6-14/h4,7-12,14H,1-3,5-6,22H2,(H,24,25,26,27). The fraction of sp³-hybridized carbons (Fsp3) is 0.300. The number of rotatable bonds is 5. The molecule has 1 saturated carbocycles. The van der Waals surface area contributed by atoms with Crippen LogP contribution < -0.4 is 15.8 Å². The van der Waals surface area contributed by atoms with Gasteiger partial charge in [-0.15, -0.1) is 0 Å². The maximum absolute atomic E-state index is 14.1. The van der Waals surface area contributed by atoms with Crippen LogP contribution in [0.5, 0.6) is 11.6 Å². The van der Waals surface area contributed by atoms with Crippen LogP contribution in [0, 0.1) is 5.82 Å². The third-order valence-electron chi connectivity index (χ3n) is 4.68. The van der Waals surface area contributed by atoms with E-state index in [1.807, 2.05) is 0 Å². The molecule has 0 aliphatic heterocycles. The van der Waals surface area contributed by atoms with Gasteiger partial charge in [0.1, 0.15) is 6.33 Å². The monoisotopic (exact) mass is 380 g/mol. The van der Waals surface area contributed by atoms with Gasteiger partial charge >= 0.3 is 0 Å². The predicted octanol–water partition coefficient (Wildman–Crippen LogP) is 4.19. The van der Waals surface area contributed by atoms with Crippen molar-refractivity contribution in [2.24, 2.45) is 0 Å². The van der Waals surface area contributed by atoms with Crippen LogP contribution in [0.3, 0.4) is 0 Å². The van der Waals surface area contributed by atoms with Crippen molar-refractivity contribution < 1.29 is 9.13 Å². The lowest BCUT2D eigenvalue weighted by Gasteiger charge is -2.22. The molecule has 0 unspecified atom stereocenters. The molecule has 1 aliphatic rings. The van der Waals surface area contributed by atoms with Gasteiger partial charge in [0.25, 0.3) is 0 Å². The van der Waals surface area contributed by atoms with Gasteiger partial charge in [-0.3, -0.25) is 0 Å². The molecule has 4 rings (SSSR count). The molecule has 0 radical (unpaired) electrons. The Morgan fingerprint density at radius 1 is 1.07 bits per heavy atom. The summed E-state index contributed by atoms with van der Waals surface area (Å²) in [6.45, 7) is 0. The minimum Gasteiger partial charge on any atom is -0.435 e. The number of aromatic nitrogens is 4. The third-order valence-corrected chi connectivity index (χ3v) is 4.68. The number of halogens is 1. The first kappa shape index (κ1) is 18.1. The van der Waals surface area contributed by atoms with Gasteiger partial charge in [0.05, 0.1) is 5.56 Å². The molecule has 2 aromatic heterocycles. The van der Waals surface area contributed by atoms with E-state index in [2.05, 4.69) is 25.3 Å². The van der Waals surface area contributed by atoms with Crippen molar-refractivity contribution in [1.82, 2.24) is 19.9 Å². The number of ether oxygens (including phenoxy) is 1. The van der Waals surface area contributed by atoms with E-state index in [1.54, 1.807) is 24.4 Å². The zero-order valence-corrected chi connectivity index (χ0v) is 15.3. The topological polar surface area (TPSA) is 98.8 Å². The van der Waals surface area contributed by atoms with E-state index in [0.717, 1.165) is 12.8 Å². The predicted molar refractivity (Wildman–Crippen MR) is 104 cm³/mol. The second kappa shape index (κ2) is 8.16. The number of nitrogens with one attached hydrogen (secondary N) is 1. The average molecular weight is 380 g/mol. The smallest absolute Gasteiger partial charge is 0.230 e. The van der Waals surface area contributed by atoms with Crippen LogP contribution in [0.4, 0.5) is 16.0 Å². The highest BCUT2D eigenvalue weighted by Gasteiger charge is 2.17. The molecule has 3 aromatic rings. The number of pyridine rings is 1. The van der Waals surface area contributed by atoms with Gasteiger partial charge in [-0.1, -0.05) is 19.3 Å². The van der Waals surface area contributed by atoms with E-state index >= 15 is 0 Å². The molecule has 0 spiro atoms. The number of hydrogen-bond donors (Lipinski definition) is 2. The fourth-order valence-corrected chi connectivity index (χ4v) is 3.27. The van der Waals surface area contributed by atoms with E-state index in [9.17, 15) is 4.39 Å². The normalized spacial score (nSPS) is 14.6. The number of nitrogen functional groups attached to an aromatic ring is 1. The summed E-state index contributed by atoms with van der Waals surface area (Å²) in [5.41, 5.74) is 6.46. The minimum absolute atomic E-state index is 0.0313. The summed E-state index contributed by atoms with van der Waals surface area (Å²) in [6, 6.07) is 8.13. The molecule has 7 nitrogen and oxygen atoms in total.